The van der Waals surface area contributed by atoms with E-state index in [2.05, 4.69) is 15.3 Å². The van der Waals surface area contributed by atoms with Crippen LogP contribution in [0.3, 0.4) is 0 Å². The average molecular weight is 344 g/mol. The highest BCUT2D eigenvalue weighted by molar-refractivity contribution is 5.93. The van der Waals surface area contributed by atoms with Gasteiger partial charge in [-0.2, -0.15) is 0 Å². The van der Waals surface area contributed by atoms with Gasteiger partial charge in [-0.05, 0) is 24.1 Å². The Hall–Kier alpha value is -2.54. The first kappa shape index (κ1) is 17.3. The highest BCUT2D eigenvalue weighted by atomic mass is 19.1. The number of morpholine rings is 1. The zero-order valence-corrected chi connectivity index (χ0v) is 14.1. The van der Waals surface area contributed by atoms with E-state index < -0.39 is 0 Å². The maximum atomic E-state index is 13.1. The number of nitrogens with one attached hydrogen (secondary N) is 1. The molecule has 7 heteroatoms. The van der Waals surface area contributed by atoms with Gasteiger partial charge in [-0.15, -0.1) is 0 Å². The maximum absolute atomic E-state index is 13.1. The molecule has 1 aliphatic heterocycles. The van der Waals surface area contributed by atoms with Crippen LogP contribution in [0.1, 0.15) is 35.3 Å². The number of carbonyl (C=O) groups is 1. The summed E-state index contributed by atoms with van der Waals surface area (Å²) in [5, 5.41) is 2.94. The number of halogens is 1. The van der Waals surface area contributed by atoms with Crippen molar-refractivity contribution in [3.63, 3.8) is 0 Å². The van der Waals surface area contributed by atoms with Crippen LogP contribution in [0.5, 0.6) is 0 Å². The highest BCUT2D eigenvalue weighted by Crippen LogP contribution is 2.18. The molecule has 1 amide bonds. The molecule has 0 spiro atoms. The average Bonchev–Trinajstić information content (AvgIpc) is 2.67. The van der Waals surface area contributed by atoms with E-state index in [0.29, 0.717) is 31.1 Å². The lowest BCUT2D eigenvalue weighted by molar-refractivity contribution is 0.0934. The highest BCUT2D eigenvalue weighted by Gasteiger charge is 2.17. The quantitative estimate of drug-likeness (QED) is 0.902. The van der Waals surface area contributed by atoms with Gasteiger partial charge in [0.1, 0.15) is 5.82 Å². The molecule has 1 atom stereocenters. The molecule has 1 aliphatic rings. The Morgan fingerprint density at radius 1 is 1.24 bits per heavy atom. The third-order valence-corrected chi connectivity index (χ3v) is 4.18. The van der Waals surface area contributed by atoms with Crippen LogP contribution in [0, 0.1) is 5.82 Å². The lowest BCUT2D eigenvalue weighted by Gasteiger charge is -2.26. The van der Waals surface area contributed by atoms with E-state index in [1.54, 1.807) is 12.1 Å². The van der Waals surface area contributed by atoms with E-state index in [-0.39, 0.29) is 17.8 Å². The molecule has 1 aromatic heterocycles. The van der Waals surface area contributed by atoms with E-state index in [1.165, 1.54) is 24.5 Å². The summed E-state index contributed by atoms with van der Waals surface area (Å²) in [7, 11) is 0. The molecule has 2 heterocycles. The zero-order valence-electron chi connectivity index (χ0n) is 14.1. The molecule has 0 bridgehead atoms. The number of ether oxygens (including phenoxy) is 1. The molecular formula is C18H21FN4O2. The summed E-state index contributed by atoms with van der Waals surface area (Å²) in [4.78, 5) is 23.0. The van der Waals surface area contributed by atoms with Gasteiger partial charge >= 0.3 is 0 Å². The molecule has 132 valence electrons. The second-order valence-electron chi connectivity index (χ2n) is 5.86. The van der Waals surface area contributed by atoms with Gasteiger partial charge < -0.3 is 15.0 Å². The predicted octanol–water partition coefficient (Wildman–Crippen LogP) is 2.33. The number of aromatic nitrogens is 2. The first-order valence-electron chi connectivity index (χ1n) is 8.38. The largest absolute Gasteiger partial charge is 0.378 e. The first-order valence-corrected chi connectivity index (χ1v) is 8.38. The number of rotatable bonds is 5. The maximum Gasteiger partial charge on any atom is 0.254 e. The number of amides is 1. The van der Waals surface area contributed by atoms with Crippen molar-refractivity contribution in [2.45, 2.75) is 19.4 Å². The third-order valence-electron chi connectivity index (χ3n) is 4.18. The molecular weight excluding hydrogens is 323 g/mol. The second-order valence-corrected chi connectivity index (χ2v) is 5.86. The van der Waals surface area contributed by atoms with Crippen molar-refractivity contribution >= 4 is 11.9 Å². The molecule has 0 saturated carbocycles. The third kappa shape index (κ3) is 4.30. The SMILES string of the molecule is CC[C@H](NC(=O)c1cnc(N2CCOCC2)nc1)c1ccc(F)cc1. The van der Waals surface area contributed by atoms with Crippen molar-refractivity contribution in [1.82, 2.24) is 15.3 Å². The van der Waals surface area contributed by atoms with Crippen LogP contribution in [0.2, 0.25) is 0 Å². The van der Waals surface area contributed by atoms with E-state index in [1.807, 2.05) is 11.8 Å². The topological polar surface area (TPSA) is 67.4 Å². The summed E-state index contributed by atoms with van der Waals surface area (Å²) in [5.74, 6) is 0.0622. The lowest BCUT2D eigenvalue weighted by Crippen LogP contribution is -2.37. The van der Waals surface area contributed by atoms with E-state index in [4.69, 9.17) is 4.74 Å². The molecule has 1 fully saturated rings. The summed E-state index contributed by atoms with van der Waals surface area (Å²) in [6, 6.07) is 5.96. The number of carbonyl (C=O) groups excluding carboxylic acids is 1. The van der Waals surface area contributed by atoms with Crippen LogP contribution >= 0.6 is 0 Å². The molecule has 1 aromatic carbocycles. The second kappa shape index (κ2) is 8.02. The minimum absolute atomic E-state index is 0.188. The molecule has 1 N–H and O–H groups in total. The smallest absolute Gasteiger partial charge is 0.254 e. The molecule has 1 saturated heterocycles. The minimum atomic E-state index is -0.294. The first-order chi connectivity index (χ1) is 12.2. The molecule has 0 unspecified atom stereocenters. The number of hydrogen-bond donors (Lipinski definition) is 1. The number of nitrogens with zero attached hydrogens (tertiary/aromatic N) is 3. The molecule has 2 aromatic rings. The van der Waals surface area contributed by atoms with Crippen LogP contribution in [0.4, 0.5) is 10.3 Å². The number of anilines is 1. The van der Waals surface area contributed by atoms with E-state index >= 15 is 0 Å². The lowest BCUT2D eigenvalue weighted by atomic mass is 10.0. The summed E-state index contributed by atoms with van der Waals surface area (Å²) < 4.78 is 18.4. The van der Waals surface area contributed by atoms with Crippen molar-refractivity contribution < 1.29 is 13.9 Å². The van der Waals surface area contributed by atoms with Crippen molar-refractivity contribution in [1.29, 1.82) is 0 Å². The molecule has 0 aliphatic carbocycles. The zero-order chi connectivity index (χ0) is 17.6. The fourth-order valence-corrected chi connectivity index (χ4v) is 2.72. The summed E-state index contributed by atoms with van der Waals surface area (Å²) in [5.41, 5.74) is 1.26. The van der Waals surface area contributed by atoms with E-state index in [9.17, 15) is 9.18 Å². The van der Waals surface area contributed by atoms with Crippen LogP contribution in [0.15, 0.2) is 36.7 Å². The monoisotopic (exact) mass is 344 g/mol. The fourth-order valence-electron chi connectivity index (χ4n) is 2.72. The number of hydrogen-bond acceptors (Lipinski definition) is 5. The Morgan fingerprint density at radius 2 is 1.88 bits per heavy atom. The van der Waals surface area contributed by atoms with Gasteiger partial charge in [0, 0.05) is 25.5 Å². The van der Waals surface area contributed by atoms with Crippen molar-refractivity contribution in [2.24, 2.45) is 0 Å². The van der Waals surface area contributed by atoms with Gasteiger partial charge in [0.25, 0.3) is 5.91 Å². The Bertz CT molecular complexity index is 700. The van der Waals surface area contributed by atoms with Crippen LogP contribution < -0.4 is 10.2 Å². The van der Waals surface area contributed by atoms with Gasteiger partial charge in [-0.25, -0.2) is 14.4 Å². The standard InChI is InChI=1S/C18H21FN4O2/c1-2-16(13-3-5-15(19)6-4-13)22-17(24)14-11-20-18(21-12-14)23-7-9-25-10-8-23/h3-6,11-12,16H,2,7-10H2,1H3,(H,22,24)/t16-/m0/s1. The van der Waals surface area contributed by atoms with Crippen molar-refractivity contribution in [3.05, 3.63) is 53.6 Å². The van der Waals surface area contributed by atoms with Crippen LogP contribution in [-0.4, -0.2) is 42.2 Å². The van der Waals surface area contributed by atoms with Crippen LogP contribution in [-0.2, 0) is 4.74 Å². The van der Waals surface area contributed by atoms with Gasteiger partial charge in [-0.1, -0.05) is 19.1 Å². The Labute approximate surface area is 146 Å². The molecule has 0 radical (unpaired) electrons. The molecule has 25 heavy (non-hydrogen) atoms. The summed E-state index contributed by atoms with van der Waals surface area (Å²) in [6.45, 7) is 4.76. The van der Waals surface area contributed by atoms with Crippen LogP contribution in [0.25, 0.3) is 0 Å². The van der Waals surface area contributed by atoms with Gasteiger partial charge in [0.05, 0.1) is 24.8 Å². The van der Waals surface area contributed by atoms with Crippen molar-refractivity contribution in [2.75, 3.05) is 31.2 Å². The fraction of sp³-hybridized carbons (Fsp3) is 0.389. The Morgan fingerprint density at radius 3 is 2.48 bits per heavy atom. The predicted molar refractivity (Wildman–Crippen MR) is 92.0 cm³/mol. The van der Waals surface area contributed by atoms with Gasteiger partial charge in [-0.3, -0.25) is 4.79 Å². The number of benzene rings is 1. The Kier molecular flexibility index (Phi) is 5.55. The molecule has 3 rings (SSSR count). The normalized spacial score (nSPS) is 15.7. The Balaban J connectivity index is 1.66. The van der Waals surface area contributed by atoms with Gasteiger partial charge in [0.2, 0.25) is 5.95 Å². The molecule has 6 nitrogen and oxygen atoms in total. The summed E-state index contributed by atoms with van der Waals surface area (Å²) >= 11 is 0. The minimum Gasteiger partial charge on any atom is -0.378 e. The van der Waals surface area contributed by atoms with E-state index in [0.717, 1.165) is 18.7 Å². The van der Waals surface area contributed by atoms with Gasteiger partial charge in [0.15, 0.2) is 0 Å². The van der Waals surface area contributed by atoms with Crippen molar-refractivity contribution in [3.8, 4) is 0 Å². The summed E-state index contributed by atoms with van der Waals surface area (Å²) in [6.07, 6.45) is 3.76.